The number of hydrogen-bond acceptors (Lipinski definition) is 4. The van der Waals surface area contributed by atoms with Gasteiger partial charge < -0.3 is 4.74 Å². The largest absolute Gasteiger partial charge is 0.495 e. The molecule has 0 saturated carbocycles. The first-order valence-electron chi connectivity index (χ1n) is 7.51. The Bertz CT molecular complexity index is 617. The zero-order valence-electron chi connectivity index (χ0n) is 13.3. The molecule has 7 heteroatoms. The van der Waals surface area contributed by atoms with Gasteiger partial charge in [-0.15, -0.1) is 0 Å². The van der Waals surface area contributed by atoms with Gasteiger partial charge in [0.05, 0.1) is 17.0 Å². The molecule has 1 aromatic carbocycles. The third-order valence-electron chi connectivity index (χ3n) is 4.22. The summed E-state index contributed by atoms with van der Waals surface area (Å²) in [6.45, 7) is 7.15. The van der Waals surface area contributed by atoms with Crippen LogP contribution in [0, 0.1) is 0 Å². The molecule has 1 atom stereocenters. The van der Waals surface area contributed by atoms with E-state index in [2.05, 4.69) is 18.7 Å². The van der Waals surface area contributed by atoms with E-state index in [1.165, 1.54) is 13.2 Å². The molecular weight excluding hydrogens is 324 g/mol. The molecule has 124 valence electrons. The van der Waals surface area contributed by atoms with Gasteiger partial charge in [-0.05, 0) is 37.7 Å². The molecule has 0 aromatic heterocycles. The Morgan fingerprint density at radius 3 is 2.59 bits per heavy atom. The van der Waals surface area contributed by atoms with Crippen LogP contribution in [0.25, 0.3) is 0 Å². The lowest BCUT2D eigenvalue weighted by atomic mass is 10.2. The summed E-state index contributed by atoms with van der Waals surface area (Å²) >= 11 is 6.05. The first kappa shape index (κ1) is 17.5. The number of hydrogen-bond donors (Lipinski definition) is 0. The molecule has 0 bridgehead atoms. The van der Waals surface area contributed by atoms with E-state index in [9.17, 15) is 8.42 Å². The number of sulfonamides is 1. The highest BCUT2D eigenvalue weighted by Crippen LogP contribution is 2.30. The van der Waals surface area contributed by atoms with Crippen molar-refractivity contribution < 1.29 is 13.2 Å². The number of nitrogens with zero attached hydrogens (tertiary/aromatic N) is 2. The molecule has 0 spiro atoms. The van der Waals surface area contributed by atoms with E-state index in [1.54, 1.807) is 16.4 Å². The van der Waals surface area contributed by atoms with Gasteiger partial charge in [0, 0.05) is 19.1 Å². The summed E-state index contributed by atoms with van der Waals surface area (Å²) in [6, 6.07) is 4.89. The second-order valence-electron chi connectivity index (χ2n) is 5.32. The summed E-state index contributed by atoms with van der Waals surface area (Å²) in [7, 11) is -2.00. The van der Waals surface area contributed by atoms with Gasteiger partial charge in [-0.3, -0.25) is 4.90 Å². The molecule has 5 nitrogen and oxygen atoms in total. The second-order valence-corrected chi connectivity index (χ2v) is 7.67. The Hall–Kier alpha value is -0.820. The SMILES string of the molecule is CCN(CC)C1CCN(S(=O)(=O)c2ccc(OC)c(Cl)c2)C1. The number of halogens is 1. The summed E-state index contributed by atoms with van der Waals surface area (Å²) in [4.78, 5) is 2.52. The summed E-state index contributed by atoms with van der Waals surface area (Å²) in [5.74, 6) is 0.475. The minimum atomic E-state index is -3.50. The van der Waals surface area contributed by atoms with Gasteiger partial charge in [-0.25, -0.2) is 8.42 Å². The van der Waals surface area contributed by atoms with Crippen molar-refractivity contribution in [1.82, 2.24) is 9.21 Å². The Morgan fingerprint density at radius 2 is 2.05 bits per heavy atom. The molecule has 1 heterocycles. The lowest BCUT2D eigenvalue weighted by Crippen LogP contribution is -2.38. The van der Waals surface area contributed by atoms with E-state index >= 15 is 0 Å². The summed E-state index contributed by atoms with van der Waals surface area (Å²) in [5, 5.41) is 0.308. The second kappa shape index (κ2) is 7.17. The van der Waals surface area contributed by atoms with Crippen LogP contribution in [0.4, 0.5) is 0 Å². The van der Waals surface area contributed by atoms with E-state index in [-0.39, 0.29) is 4.90 Å². The van der Waals surface area contributed by atoms with E-state index in [0.717, 1.165) is 19.5 Å². The number of methoxy groups -OCH3 is 1. The highest BCUT2D eigenvalue weighted by atomic mass is 35.5. The molecule has 1 aliphatic heterocycles. The molecule has 0 aliphatic carbocycles. The van der Waals surface area contributed by atoms with E-state index < -0.39 is 10.0 Å². The van der Waals surface area contributed by atoms with Crippen molar-refractivity contribution in [2.75, 3.05) is 33.3 Å². The maximum atomic E-state index is 12.7. The minimum absolute atomic E-state index is 0.221. The van der Waals surface area contributed by atoms with Crippen LogP contribution in [-0.2, 0) is 10.0 Å². The highest BCUT2D eigenvalue weighted by Gasteiger charge is 2.34. The van der Waals surface area contributed by atoms with Crippen LogP contribution >= 0.6 is 11.6 Å². The van der Waals surface area contributed by atoms with Crippen molar-refractivity contribution in [3.63, 3.8) is 0 Å². The monoisotopic (exact) mass is 346 g/mol. The third-order valence-corrected chi connectivity index (χ3v) is 6.37. The Kier molecular flexibility index (Phi) is 5.71. The molecule has 1 saturated heterocycles. The fourth-order valence-corrected chi connectivity index (χ4v) is 4.77. The Morgan fingerprint density at radius 1 is 1.36 bits per heavy atom. The van der Waals surface area contributed by atoms with E-state index in [0.29, 0.717) is 29.9 Å². The first-order valence-corrected chi connectivity index (χ1v) is 9.33. The molecular formula is C15H23ClN2O3S. The van der Waals surface area contributed by atoms with Crippen molar-refractivity contribution in [2.24, 2.45) is 0 Å². The number of benzene rings is 1. The number of ether oxygens (including phenoxy) is 1. The van der Waals surface area contributed by atoms with Crippen LogP contribution in [-0.4, -0.2) is 57.0 Å². The molecule has 0 amide bonds. The van der Waals surface area contributed by atoms with Crippen LogP contribution in [0.15, 0.2) is 23.1 Å². The first-order chi connectivity index (χ1) is 10.4. The normalized spacial score (nSPS) is 19.8. The van der Waals surface area contributed by atoms with Crippen LogP contribution in [0.1, 0.15) is 20.3 Å². The van der Waals surface area contributed by atoms with Gasteiger partial charge in [-0.2, -0.15) is 4.31 Å². The molecule has 1 aliphatic rings. The highest BCUT2D eigenvalue weighted by molar-refractivity contribution is 7.89. The zero-order chi connectivity index (χ0) is 16.3. The van der Waals surface area contributed by atoms with E-state index in [1.807, 2.05) is 0 Å². The van der Waals surface area contributed by atoms with Crippen molar-refractivity contribution in [3.8, 4) is 5.75 Å². The van der Waals surface area contributed by atoms with Gasteiger partial charge in [0.2, 0.25) is 10.0 Å². The number of likely N-dealkylation sites (N-methyl/N-ethyl adjacent to an activating group) is 1. The Balaban J connectivity index is 2.19. The average molecular weight is 347 g/mol. The van der Waals surface area contributed by atoms with Gasteiger partial charge in [0.25, 0.3) is 0 Å². The van der Waals surface area contributed by atoms with Gasteiger partial charge in [0.1, 0.15) is 5.75 Å². The molecule has 0 radical (unpaired) electrons. The fraction of sp³-hybridized carbons (Fsp3) is 0.600. The maximum Gasteiger partial charge on any atom is 0.243 e. The Labute approximate surface area is 137 Å². The lowest BCUT2D eigenvalue weighted by molar-refractivity contribution is 0.224. The van der Waals surface area contributed by atoms with Crippen molar-refractivity contribution >= 4 is 21.6 Å². The molecule has 2 rings (SSSR count). The van der Waals surface area contributed by atoms with Crippen molar-refractivity contribution in [1.29, 1.82) is 0 Å². The van der Waals surface area contributed by atoms with Gasteiger partial charge >= 0.3 is 0 Å². The number of rotatable bonds is 6. The average Bonchev–Trinajstić information content (AvgIpc) is 2.99. The predicted molar refractivity (Wildman–Crippen MR) is 88.1 cm³/mol. The smallest absolute Gasteiger partial charge is 0.243 e. The fourth-order valence-electron chi connectivity index (χ4n) is 2.92. The molecule has 1 unspecified atom stereocenters. The summed E-state index contributed by atoms with van der Waals surface area (Å²) < 4.78 is 32.1. The molecule has 0 N–H and O–H groups in total. The quantitative estimate of drug-likeness (QED) is 0.794. The van der Waals surface area contributed by atoms with Crippen LogP contribution < -0.4 is 4.74 Å². The van der Waals surface area contributed by atoms with Crippen LogP contribution in [0.3, 0.4) is 0 Å². The molecule has 1 fully saturated rings. The lowest BCUT2D eigenvalue weighted by Gasteiger charge is -2.26. The zero-order valence-corrected chi connectivity index (χ0v) is 14.8. The summed E-state index contributed by atoms with van der Waals surface area (Å²) in [5.41, 5.74) is 0. The van der Waals surface area contributed by atoms with Gasteiger partial charge in [0.15, 0.2) is 0 Å². The van der Waals surface area contributed by atoms with Crippen molar-refractivity contribution in [2.45, 2.75) is 31.2 Å². The van der Waals surface area contributed by atoms with Crippen LogP contribution in [0.5, 0.6) is 5.75 Å². The van der Waals surface area contributed by atoms with E-state index in [4.69, 9.17) is 16.3 Å². The standard InChI is InChI=1S/C15H23ClN2O3S/c1-4-17(5-2)12-8-9-18(11-12)22(19,20)13-6-7-15(21-3)14(16)10-13/h6-7,10,12H,4-5,8-9,11H2,1-3H3. The molecule has 22 heavy (non-hydrogen) atoms. The molecule has 1 aromatic rings. The third kappa shape index (κ3) is 3.40. The topological polar surface area (TPSA) is 49.9 Å². The maximum absolute atomic E-state index is 12.7. The van der Waals surface area contributed by atoms with Crippen LogP contribution in [0.2, 0.25) is 5.02 Å². The van der Waals surface area contributed by atoms with Crippen molar-refractivity contribution in [3.05, 3.63) is 23.2 Å². The minimum Gasteiger partial charge on any atom is -0.495 e. The van der Waals surface area contributed by atoms with Gasteiger partial charge in [-0.1, -0.05) is 25.4 Å². The summed E-state index contributed by atoms with van der Waals surface area (Å²) in [6.07, 6.45) is 0.866. The predicted octanol–water partition coefficient (Wildman–Crippen LogP) is 2.45.